The summed E-state index contributed by atoms with van der Waals surface area (Å²) in [5, 5.41) is 0. The predicted octanol–water partition coefficient (Wildman–Crippen LogP) is 3.17. The lowest BCUT2D eigenvalue weighted by Gasteiger charge is -2.45. The predicted molar refractivity (Wildman–Crippen MR) is 135 cm³/mol. The van der Waals surface area contributed by atoms with Gasteiger partial charge in [0.1, 0.15) is 11.5 Å². The summed E-state index contributed by atoms with van der Waals surface area (Å²) in [4.78, 5) is 26.1. The van der Waals surface area contributed by atoms with E-state index in [0.29, 0.717) is 24.8 Å². The Labute approximate surface area is 214 Å². The Kier molecular flexibility index (Phi) is 7.31. The van der Waals surface area contributed by atoms with E-state index in [2.05, 4.69) is 24.1 Å². The van der Waals surface area contributed by atoms with Crippen LogP contribution in [-0.4, -0.2) is 69.2 Å². The SMILES string of the molecule is CC1(C)C2CCC1(CS(=O)(=O)O)C(=O)C2.COC(=O)[C@@H]1C[C@@H]2Cc3c(cccc3OC)C[C@H]2N(C)C1. The molecule has 200 valence electrons. The molecule has 1 saturated heterocycles. The molecule has 3 fully saturated rings. The average molecular weight is 522 g/mol. The number of rotatable bonds is 4. The van der Waals surface area contributed by atoms with Crippen LogP contribution in [0.1, 0.15) is 50.7 Å². The number of carbonyl (C=O) groups is 2. The fourth-order valence-corrected chi connectivity index (χ4v) is 8.75. The lowest BCUT2D eigenvalue weighted by molar-refractivity contribution is -0.149. The number of ether oxygens (including phenoxy) is 2. The van der Waals surface area contributed by atoms with Crippen LogP contribution in [0.2, 0.25) is 0 Å². The van der Waals surface area contributed by atoms with Gasteiger partial charge in [0, 0.05) is 19.0 Å². The quantitative estimate of drug-likeness (QED) is 0.475. The normalized spacial score (nSPS) is 32.7. The van der Waals surface area contributed by atoms with Gasteiger partial charge in [-0.2, -0.15) is 8.42 Å². The zero-order chi connectivity index (χ0) is 26.5. The number of carbonyl (C=O) groups excluding carboxylic acids is 2. The maximum absolute atomic E-state index is 11.9. The monoisotopic (exact) mass is 521 g/mol. The number of nitrogens with zero attached hydrogens (tertiary/aromatic N) is 1. The summed E-state index contributed by atoms with van der Waals surface area (Å²) in [6, 6.07) is 6.82. The molecule has 1 N–H and O–H groups in total. The molecular formula is C27H39NO7S. The van der Waals surface area contributed by atoms with E-state index in [1.807, 2.05) is 19.9 Å². The van der Waals surface area contributed by atoms with Gasteiger partial charge >= 0.3 is 5.97 Å². The fourth-order valence-electron chi connectivity index (χ4n) is 7.45. The molecule has 5 rings (SSSR count). The van der Waals surface area contributed by atoms with Gasteiger partial charge in [0.15, 0.2) is 0 Å². The van der Waals surface area contributed by atoms with Crippen molar-refractivity contribution in [3.63, 3.8) is 0 Å². The first-order valence-corrected chi connectivity index (χ1v) is 14.3. The van der Waals surface area contributed by atoms with Crippen LogP contribution >= 0.6 is 0 Å². The molecule has 5 atom stereocenters. The fraction of sp³-hybridized carbons (Fsp3) is 0.704. The summed E-state index contributed by atoms with van der Waals surface area (Å²) in [7, 11) is 1.25. The Bertz CT molecular complexity index is 1130. The lowest BCUT2D eigenvalue weighted by atomic mass is 9.70. The molecular weight excluding hydrogens is 482 g/mol. The summed E-state index contributed by atoms with van der Waals surface area (Å²) in [6.45, 7) is 4.69. The average Bonchev–Trinajstić information content (AvgIpc) is 3.15. The second-order valence-electron chi connectivity index (χ2n) is 11.6. The summed E-state index contributed by atoms with van der Waals surface area (Å²) in [5.41, 5.74) is 1.59. The lowest BCUT2D eigenvalue weighted by Crippen LogP contribution is -2.51. The van der Waals surface area contributed by atoms with Gasteiger partial charge < -0.3 is 14.4 Å². The van der Waals surface area contributed by atoms with Gasteiger partial charge in [-0.05, 0) is 73.6 Å². The zero-order valence-electron chi connectivity index (χ0n) is 22.0. The van der Waals surface area contributed by atoms with Crippen LogP contribution in [0.15, 0.2) is 18.2 Å². The second kappa shape index (κ2) is 9.72. The minimum Gasteiger partial charge on any atom is -0.496 e. The minimum absolute atomic E-state index is 0.00231. The van der Waals surface area contributed by atoms with E-state index in [1.54, 1.807) is 7.11 Å². The number of hydrogen-bond donors (Lipinski definition) is 1. The molecule has 0 spiro atoms. The van der Waals surface area contributed by atoms with Crippen LogP contribution in [0.5, 0.6) is 5.75 Å². The number of likely N-dealkylation sites (tertiary alicyclic amines) is 1. The molecule has 0 radical (unpaired) electrons. The molecule has 8 nitrogen and oxygen atoms in total. The van der Waals surface area contributed by atoms with E-state index in [4.69, 9.17) is 14.0 Å². The van der Waals surface area contributed by atoms with Crippen LogP contribution in [0.25, 0.3) is 0 Å². The first-order chi connectivity index (χ1) is 16.8. The number of esters is 1. The molecule has 36 heavy (non-hydrogen) atoms. The number of likely N-dealkylation sites (N-methyl/N-ethyl adjacent to an activating group) is 1. The number of piperidine rings is 1. The van der Waals surface area contributed by atoms with Gasteiger partial charge in [-0.1, -0.05) is 26.0 Å². The first-order valence-electron chi connectivity index (χ1n) is 12.7. The molecule has 1 heterocycles. The van der Waals surface area contributed by atoms with E-state index in [-0.39, 0.29) is 29.0 Å². The number of hydrogen-bond acceptors (Lipinski definition) is 7. The van der Waals surface area contributed by atoms with Crippen molar-refractivity contribution < 1.29 is 32.0 Å². The summed E-state index contributed by atoms with van der Waals surface area (Å²) in [6.07, 6.45) is 4.92. The third-order valence-electron chi connectivity index (χ3n) is 9.65. The number of methoxy groups -OCH3 is 2. The van der Waals surface area contributed by atoms with Crippen molar-refractivity contribution in [1.82, 2.24) is 4.90 Å². The molecule has 1 aliphatic heterocycles. The first kappa shape index (κ1) is 27.1. The minimum atomic E-state index is -4.08. The molecule has 4 aliphatic rings. The van der Waals surface area contributed by atoms with Crippen molar-refractivity contribution in [2.75, 3.05) is 33.6 Å². The molecule has 2 unspecified atom stereocenters. The van der Waals surface area contributed by atoms with E-state index < -0.39 is 21.3 Å². The van der Waals surface area contributed by atoms with Gasteiger partial charge in [0.05, 0.1) is 31.3 Å². The zero-order valence-corrected chi connectivity index (χ0v) is 22.8. The molecule has 1 aromatic carbocycles. The number of benzene rings is 1. The van der Waals surface area contributed by atoms with Crippen molar-refractivity contribution in [3.8, 4) is 5.75 Å². The maximum atomic E-state index is 11.9. The van der Waals surface area contributed by atoms with E-state index >= 15 is 0 Å². The van der Waals surface area contributed by atoms with Crippen molar-refractivity contribution in [3.05, 3.63) is 29.3 Å². The van der Waals surface area contributed by atoms with E-state index in [0.717, 1.165) is 38.0 Å². The van der Waals surface area contributed by atoms with Crippen molar-refractivity contribution in [1.29, 1.82) is 0 Å². The molecule has 1 aromatic rings. The van der Waals surface area contributed by atoms with Crippen LogP contribution in [0.3, 0.4) is 0 Å². The highest BCUT2D eigenvalue weighted by molar-refractivity contribution is 7.85. The van der Waals surface area contributed by atoms with Crippen LogP contribution < -0.4 is 4.74 Å². The Morgan fingerprint density at radius 1 is 1.19 bits per heavy atom. The summed E-state index contributed by atoms with van der Waals surface area (Å²) >= 11 is 0. The van der Waals surface area contributed by atoms with Crippen molar-refractivity contribution in [2.45, 2.75) is 58.4 Å². The van der Waals surface area contributed by atoms with Gasteiger partial charge in [-0.3, -0.25) is 14.1 Å². The number of fused-ring (bicyclic) bond motifs is 4. The van der Waals surface area contributed by atoms with E-state index in [9.17, 15) is 18.0 Å². The molecule has 9 heteroatoms. The molecule has 2 bridgehead atoms. The molecule has 2 saturated carbocycles. The van der Waals surface area contributed by atoms with Crippen molar-refractivity contribution >= 4 is 21.9 Å². The van der Waals surface area contributed by atoms with E-state index in [1.165, 1.54) is 18.2 Å². The Morgan fingerprint density at radius 3 is 2.47 bits per heavy atom. The van der Waals surface area contributed by atoms with Gasteiger partial charge in [0.2, 0.25) is 0 Å². The van der Waals surface area contributed by atoms with Gasteiger partial charge in [0.25, 0.3) is 10.1 Å². The maximum Gasteiger partial charge on any atom is 0.309 e. The third-order valence-corrected chi connectivity index (χ3v) is 10.5. The Morgan fingerprint density at radius 2 is 1.92 bits per heavy atom. The standard InChI is InChI=1S/C17H23NO3.C10H16O4S/c1-18-10-13(17(19)21-3)7-12-8-14-11(9-15(12)18)5-4-6-16(14)20-2;1-9(2)7-3-4-10(9,8(11)5-7)6-15(12,13)14/h4-6,12-13,15H,7-10H2,1-3H3;7H,3-6H2,1-2H3,(H,12,13,14)/t12-,13-,15-;/m1./s1. The summed E-state index contributed by atoms with van der Waals surface area (Å²) < 4.78 is 41.4. The smallest absolute Gasteiger partial charge is 0.309 e. The van der Waals surface area contributed by atoms with Crippen LogP contribution in [0.4, 0.5) is 0 Å². The van der Waals surface area contributed by atoms with Crippen LogP contribution in [0, 0.1) is 28.6 Å². The molecule has 0 aromatic heterocycles. The molecule has 0 amide bonds. The number of Topliss-reactive ketones (excluding diaryl/α,β-unsaturated/α-hetero) is 1. The topological polar surface area (TPSA) is 110 Å². The second-order valence-corrected chi connectivity index (χ2v) is 13.1. The number of ketones is 1. The molecule has 3 aliphatic carbocycles. The highest BCUT2D eigenvalue weighted by Gasteiger charge is 2.65. The Balaban J connectivity index is 0.000000179. The highest BCUT2D eigenvalue weighted by Crippen LogP contribution is 2.64. The summed E-state index contributed by atoms with van der Waals surface area (Å²) in [5.74, 6) is 1.30. The van der Waals surface area contributed by atoms with Gasteiger partial charge in [-0.15, -0.1) is 0 Å². The Hall–Kier alpha value is -1.97. The van der Waals surface area contributed by atoms with Crippen molar-refractivity contribution in [2.24, 2.45) is 28.6 Å². The highest BCUT2D eigenvalue weighted by atomic mass is 32.2. The van der Waals surface area contributed by atoms with Crippen LogP contribution in [-0.2, 0) is 37.3 Å². The largest absolute Gasteiger partial charge is 0.496 e. The third kappa shape index (κ3) is 4.70. The van der Waals surface area contributed by atoms with Gasteiger partial charge in [-0.25, -0.2) is 0 Å².